The Kier molecular flexibility index (Phi) is 5.77. The minimum atomic E-state index is -1.03. The fourth-order valence-corrected chi connectivity index (χ4v) is 3.36. The topological polar surface area (TPSA) is 83.8 Å². The summed E-state index contributed by atoms with van der Waals surface area (Å²) in [6, 6.07) is 9.31. The molecule has 2 atom stereocenters. The number of pyridine rings is 1. The van der Waals surface area contributed by atoms with Crippen LogP contribution < -0.4 is 10.6 Å². The van der Waals surface area contributed by atoms with Crippen LogP contribution in [0.2, 0.25) is 0 Å². The molecule has 9 heteroatoms. The van der Waals surface area contributed by atoms with Crippen LogP contribution in [0.5, 0.6) is 0 Å². The maximum Gasteiger partial charge on any atom is 0.206 e. The number of aromatic nitrogens is 3. The third kappa shape index (κ3) is 3.77. The molecule has 0 amide bonds. The van der Waals surface area contributed by atoms with E-state index in [9.17, 15) is 8.78 Å². The predicted octanol–water partition coefficient (Wildman–Crippen LogP) is 2.79. The highest BCUT2D eigenvalue weighted by Gasteiger charge is 2.29. The van der Waals surface area contributed by atoms with Crippen LogP contribution in [0.1, 0.15) is 17.7 Å². The van der Waals surface area contributed by atoms with Crippen LogP contribution >= 0.6 is 12.4 Å². The number of hydrogen-bond acceptors (Lipinski definition) is 5. The standard InChI is InChI=1S/C19H18F2N6.ClH/c20-13-2-4-17-18(7-13)27(10-14-3-1-12(8-22)9-24-14)19(25-17)26-6-5-15(21)16(23)11-26;/h1-4,7,9,15-16H,5-6,10-11,23H2;1H/t15-,16-;/m1./s1. The van der Waals surface area contributed by atoms with Gasteiger partial charge in [0.1, 0.15) is 18.1 Å². The highest BCUT2D eigenvalue weighted by atomic mass is 35.5. The third-order valence-corrected chi connectivity index (χ3v) is 4.82. The zero-order valence-electron chi connectivity index (χ0n) is 14.9. The third-order valence-electron chi connectivity index (χ3n) is 4.82. The summed E-state index contributed by atoms with van der Waals surface area (Å²) in [6.07, 6.45) is 0.796. The Morgan fingerprint density at radius 1 is 1.29 bits per heavy atom. The maximum atomic E-state index is 13.8. The molecule has 0 bridgehead atoms. The van der Waals surface area contributed by atoms with Gasteiger partial charge in [-0.25, -0.2) is 13.8 Å². The number of alkyl halides is 1. The number of anilines is 1. The van der Waals surface area contributed by atoms with Crippen molar-refractivity contribution in [3.05, 3.63) is 53.6 Å². The number of hydrogen-bond donors (Lipinski definition) is 1. The molecule has 1 aromatic carbocycles. The Morgan fingerprint density at radius 3 is 2.79 bits per heavy atom. The zero-order chi connectivity index (χ0) is 19.0. The van der Waals surface area contributed by atoms with Crippen LogP contribution in [0.25, 0.3) is 11.0 Å². The van der Waals surface area contributed by atoms with E-state index in [1.165, 1.54) is 18.3 Å². The fraction of sp³-hybridized carbons (Fsp3) is 0.316. The van der Waals surface area contributed by atoms with E-state index in [2.05, 4.69) is 9.97 Å². The molecule has 1 aliphatic heterocycles. The normalized spacial score (nSPS) is 19.3. The molecule has 0 unspecified atom stereocenters. The van der Waals surface area contributed by atoms with Crippen molar-refractivity contribution in [2.75, 3.05) is 18.0 Å². The maximum absolute atomic E-state index is 13.8. The van der Waals surface area contributed by atoms with E-state index in [-0.39, 0.29) is 18.2 Å². The molecule has 0 aliphatic carbocycles. The molecule has 6 nitrogen and oxygen atoms in total. The first-order valence-corrected chi connectivity index (χ1v) is 8.70. The van der Waals surface area contributed by atoms with E-state index in [1.54, 1.807) is 18.2 Å². The molecule has 1 aliphatic rings. The Balaban J connectivity index is 0.00000225. The number of nitrogens with two attached hydrogens (primary N) is 1. The molecule has 2 N–H and O–H groups in total. The smallest absolute Gasteiger partial charge is 0.206 e. The predicted molar refractivity (Wildman–Crippen MR) is 105 cm³/mol. The summed E-state index contributed by atoms with van der Waals surface area (Å²) >= 11 is 0. The van der Waals surface area contributed by atoms with Crippen LogP contribution in [0.3, 0.4) is 0 Å². The van der Waals surface area contributed by atoms with E-state index >= 15 is 0 Å². The summed E-state index contributed by atoms with van der Waals surface area (Å²) in [5.41, 5.74) is 8.36. The molecule has 0 radical (unpaired) electrons. The monoisotopic (exact) mass is 404 g/mol. The quantitative estimate of drug-likeness (QED) is 0.725. The second kappa shape index (κ2) is 8.09. The Hall–Kier alpha value is -2.76. The molecular weight excluding hydrogens is 386 g/mol. The number of imidazole rings is 1. The lowest BCUT2D eigenvalue weighted by Crippen LogP contribution is -2.50. The molecule has 1 saturated heterocycles. The van der Waals surface area contributed by atoms with Crippen molar-refractivity contribution in [1.29, 1.82) is 5.26 Å². The average Bonchev–Trinajstić information content (AvgIpc) is 3.02. The van der Waals surface area contributed by atoms with Gasteiger partial charge in [0.15, 0.2) is 0 Å². The molecule has 3 aromatic rings. The summed E-state index contributed by atoms with van der Waals surface area (Å²) in [5, 5.41) is 8.92. The van der Waals surface area contributed by atoms with Gasteiger partial charge in [-0.3, -0.25) is 4.98 Å². The van der Waals surface area contributed by atoms with Crippen molar-refractivity contribution in [2.24, 2.45) is 5.73 Å². The summed E-state index contributed by atoms with van der Waals surface area (Å²) in [4.78, 5) is 10.9. The number of fused-ring (bicyclic) bond motifs is 1. The van der Waals surface area contributed by atoms with Crippen LogP contribution in [-0.2, 0) is 6.54 Å². The van der Waals surface area contributed by atoms with Crippen LogP contribution in [0, 0.1) is 17.1 Å². The van der Waals surface area contributed by atoms with Crippen LogP contribution in [0.15, 0.2) is 36.5 Å². The average molecular weight is 405 g/mol. The van der Waals surface area contributed by atoms with Gasteiger partial charge >= 0.3 is 0 Å². The molecule has 2 aromatic heterocycles. The minimum absolute atomic E-state index is 0. The number of piperidine rings is 1. The molecule has 1 fully saturated rings. The first-order valence-electron chi connectivity index (χ1n) is 8.70. The number of halogens is 3. The van der Waals surface area contributed by atoms with Gasteiger partial charge < -0.3 is 15.2 Å². The van der Waals surface area contributed by atoms with Crippen molar-refractivity contribution >= 4 is 29.4 Å². The Labute approximate surface area is 167 Å². The van der Waals surface area contributed by atoms with Crippen molar-refractivity contribution < 1.29 is 8.78 Å². The first kappa shape index (κ1) is 20.0. The van der Waals surface area contributed by atoms with Crippen molar-refractivity contribution in [2.45, 2.75) is 25.2 Å². The van der Waals surface area contributed by atoms with Crippen molar-refractivity contribution in [1.82, 2.24) is 14.5 Å². The molecule has 146 valence electrons. The number of nitrogens with zero attached hydrogens (tertiary/aromatic N) is 5. The number of nitriles is 1. The minimum Gasteiger partial charge on any atom is -0.340 e. The molecule has 4 rings (SSSR count). The van der Waals surface area contributed by atoms with Gasteiger partial charge in [-0.15, -0.1) is 12.4 Å². The second-order valence-corrected chi connectivity index (χ2v) is 6.70. The summed E-state index contributed by atoms with van der Waals surface area (Å²) in [5.74, 6) is 0.256. The van der Waals surface area contributed by atoms with Crippen LogP contribution in [-0.4, -0.2) is 39.8 Å². The van der Waals surface area contributed by atoms with Gasteiger partial charge in [-0.05, 0) is 36.8 Å². The largest absolute Gasteiger partial charge is 0.340 e. The van der Waals surface area contributed by atoms with Gasteiger partial charge in [0, 0.05) is 19.3 Å². The SMILES string of the molecule is Cl.N#Cc1ccc(Cn2c(N3CC[C@@H](F)[C@H](N)C3)nc3ccc(F)cc32)nc1. The van der Waals surface area contributed by atoms with Crippen LogP contribution in [0.4, 0.5) is 14.7 Å². The Bertz CT molecular complexity index is 1010. The molecule has 0 spiro atoms. The lowest BCUT2D eigenvalue weighted by atomic mass is 10.1. The van der Waals surface area contributed by atoms with E-state index < -0.39 is 12.2 Å². The number of benzene rings is 1. The molecule has 28 heavy (non-hydrogen) atoms. The Morgan fingerprint density at radius 2 is 2.11 bits per heavy atom. The van der Waals surface area contributed by atoms with Gasteiger partial charge in [-0.2, -0.15) is 5.26 Å². The van der Waals surface area contributed by atoms with E-state index in [0.717, 1.165) is 0 Å². The highest BCUT2D eigenvalue weighted by molar-refractivity contribution is 5.85. The van der Waals surface area contributed by atoms with E-state index in [4.69, 9.17) is 11.0 Å². The van der Waals surface area contributed by atoms with E-state index in [0.29, 0.717) is 54.3 Å². The van der Waals surface area contributed by atoms with E-state index in [1.807, 2.05) is 15.5 Å². The molecule has 3 heterocycles. The van der Waals surface area contributed by atoms with Crippen molar-refractivity contribution in [3.8, 4) is 6.07 Å². The summed E-state index contributed by atoms with van der Waals surface area (Å²) in [7, 11) is 0. The zero-order valence-corrected chi connectivity index (χ0v) is 15.7. The first-order chi connectivity index (χ1) is 13.0. The second-order valence-electron chi connectivity index (χ2n) is 6.70. The lowest BCUT2D eigenvalue weighted by molar-refractivity contribution is 0.243. The lowest BCUT2D eigenvalue weighted by Gasteiger charge is -2.34. The van der Waals surface area contributed by atoms with Crippen molar-refractivity contribution in [3.63, 3.8) is 0 Å². The highest BCUT2D eigenvalue weighted by Crippen LogP contribution is 2.27. The summed E-state index contributed by atoms with van der Waals surface area (Å²) < 4.78 is 29.5. The van der Waals surface area contributed by atoms with Gasteiger partial charge in [-0.1, -0.05) is 0 Å². The number of rotatable bonds is 3. The molecule has 0 saturated carbocycles. The van der Waals surface area contributed by atoms with Gasteiger partial charge in [0.05, 0.1) is 34.9 Å². The van der Waals surface area contributed by atoms with Gasteiger partial charge in [0.25, 0.3) is 0 Å². The van der Waals surface area contributed by atoms with Gasteiger partial charge in [0.2, 0.25) is 5.95 Å². The molecular formula is C19H19ClF2N6. The fourth-order valence-electron chi connectivity index (χ4n) is 3.36. The summed E-state index contributed by atoms with van der Waals surface area (Å²) in [6.45, 7) is 1.18.